The lowest BCUT2D eigenvalue weighted by Crippen LogP contribution is -2.06. The molecule has 0 fully saturated rings. The van der Waals surface area contributed by atoms with Crippen LogP contribution in [0.15, 0.2) is 47.3 Å². The summed E-state index contributed by atoms with van der Waals surface area (Å²) in [7, 11) is 0. The van der Waals surface area contributed by atoms with Gasteiger partial charge in [-0.3, -0.25) is 0 Å². The lowest BCUT2D eigenvalue weighted by atomic mass is 10.0. The number of rotatable bonds is 1. The van der Waals surface area contributed by atoms with Crippen LogP contribution in [-0.4, -0.2) is 15.7 Å². The second-order valence-electron chi connectivity index (χ2n) is 4.53. The van der Waals surface area contributed by atoms with E-state index < -0.39 is 4.90 Å². The van der Waals surface area contributed by atoms with Crippen LogP contribution in [0.3, 0.4) is 0 Å². The van der Waals surface area contributed by atoms with Gasteiger partial charge in [0.1, 0.15) is 0 Å². The van der Waals surface area contributed by atoms with Crippen molar-refractivity contribution in [1.29, 1.82) is 0 Å². The van der Waals surface area contributed by atoms with Crippen LogP contribution in [0.4, 0.5) is 0 Å². The van der Waals surface area contributed by atoms with Crippen LogP contribution in [0.5, 0.6) is 0 Å². The molecule has 0 atom stereocenters. The lowest BCUT2D eigenvalue weighted by molar-refractivity contribution is -0.377. The van der Waals surface area contributed by atoms with Crippen LogP contribution in [0.2, 0.25) is 0 Å². The number of nitrogens with zero attached hydrogens (tertiary/aromatic N) is 1. The maximum Gasteiger partial charge on any atom is 0.222 e. The van der Waals surface area contributed by atoms with Crippen LogP contribution in [0.25, 0.3) is 0 Å². The quantitative estimate of drug-likeness (QED) is 0.570. The molecular weight excluding hydrogens is 230 g/mol. The third-order valence-corrected chi connectivity index (χ3v) is 3.18. The Morgan fingerprint density at radius 1 is 1.00 bits per heavy atom. The van der Waals surface area contributed by atoms with E-state index in [0.29, 0.717) is 5.76 Å². The molecule has 4 nitrogen and oxygen atoms in total. The minimum absolute atomic E-state index is 0.0891. The molecule has 0 spiro atoms. The summed E-state index contributed by atoms with van der Waals surface area (Å²) < 4.78 is 0. The summed E-state index contributed by atoms with van der Waals surface area (Å²) in [5.74, 6) is 0.464. The van der Waals surface area contributed by atoms with Crippen molar-refractivity contribution < 1.29 is 10.0 Å². The molecule has 0 radical (unpaired) electrons. The van der Waals surface area contributed by atoms with E-state index in [2.05, 4.69) is 0 Å². The average Bonchev–Trinajstić information content (AvgIpc) is 2.56. The fourth-order valence-corrected chi connectivity index (χ4v) is 2.14. The summed E-state index contributed by atoms with van der Waals surface area (Å²) in [5.41, 5.74) is 1.94. The average molecular weight is 246 g/mol. The van der Waals surface area contributed by atoms with Crippen LogP contribution in [0, 0.1) is 10.4 Å². The molecule has 0 unspecified atom stereocenters. The van der Waals surface area contributed by atoms with Gasteiger partial charge in [-0.2, -0.15) is 4.90 Å². The zero-order chi connectivity index (χ0) is 13.0. The summed E-state index contributed by atoms with van der Waals surface area (Å²) in [5, 5.41) is 31.0. The van der Waals surface area contributed by atoms with Crippen LogP contribution >= 0.6 is 0 Å². The van der Waals surface area contributed by atoms with E-state index in [1.54, 1.807) is 12.2 Å². The molecule has 2 aliphatic rings. The maximum atomic E-state index is 10.5. The Balaban J connectivity index is 2.18. The molecule has 0 aromatic rings. The van der Waals surface area contributed by atoms with Crippen LogP contribution in [0.1, 0.15) is 32.1 Å². The van der Waals surface area contributed by atoms with Gasteiger partial charge in [-0.25, -0.2) is 0 Å². The van der Waals surface area contributed by atoms with Gasteiger partial charge in [0.15, 0.2) is 0 Å². The van der Waals surface area contributed by atoms with Gasteiger partial charge in [0, 0.05) is 18.6 Å². The minimum atomic E-state index is -0.411. The van der Waals surface area contributed by atoms with Crippen molar-refractivity contribution in [2.24, 2.45) is 0 Å². The Hall–Kier alpha value is -1.97. The molecule has 2 rings (SSSR count). The van der Waals surface area contributed by atoms with Gasteiger partial charge in [0.2, 0.25) is 5.71 Å². The predicted molar refractivity (Wildman–Crippen MR) is 71.1 cm³/mol. The highest BCUT2D eigenvalue weighted by atomic mass is 16.8. The number of allylic oxidation sites excluding steroid dienone is 8. The van der Waals surface area contributed by atoms with Crippen molar-refractivity contribution in [3.63, 3.8) is 0 Å². The second-order valence-corrected chi connectivity index (χ2v) is 4.53. The van der Waals surface area contributed by atoms with Gasteiger partial charge in [-0.05, 0) is 48.6 Å². The minimum Gasteiger partial charge on any atom is -0.612 e. The Kier molecular flexibility index (Phi) is 3.87. The molecule has 0 bridgehead atoms. The lowest BCUT2D eigenvalue weighted by Gasteiger charge is -2.09. The van der Waals surface area contributed by atoms with Crippen LogP contribution < -0.4 is 0 Å². The van der Waals surface area contributed by atoms with E-state index >= 15 is 0 Å². The molecule has 18 heavy (non-hydrogen) atoms. The number of aliphatic hydroxyl groups is 1. The highest BCUT2D eigenvalue weighted by Gasteiger charge is 2.10. The third-order valence-electron chi connectivity index (χ3n) is 3.18. The molecule has 0 heterocycles. The van der Waals surface area contributed by atoms with Crippen molar-refractivity contribution in [3.05, 3.63) is 57.7 Å². The van der Waals surface area contributed by atoms with E-state index in [9.17, 15) is 15.5 Å². The molecular formula is C14H16NO3-. The van der Waals surface area contributed by atoms with Gasteiger partial charge in [0.25, 0.3) is 0 Å². The van der Waals surface area contributed by atoms with E-state index in [1.165, 1.54) is 12.2 Å². The summed E-state index contributed by atoms with van der Waals surface area (Å²) in [6.45, 7) is 0. The zero-order valence-corrected chi connectivity index (χ0v) is 10.1. The van der Waals surface area contributed by atoms with E-state index in [0.717, 1.165) is 43.3 Å². The Bertz CT molecular complexity index is 459. The first-order valence-corrected chi connectivity index (χ1v) is 6.17. The van der Waals surface area contributed by atoms with E-state index in [-0.39, 0.29) is 5.71 Å². The van der Waals surface area contributed by atoms with Crippen LogP contribution in [-0.2, 0) is 0 Å². The summed E-state index contributed by atoms with van der Waals surface area (Å²) in [4.78, 5) is -0.411. The Labute approximate surface area is 106 Å². The molecule has 0 amide bonds. The molecule has 0 aliphatic heterocycles. The van der Waals surface area contributed by atoms with Crippen molar-refractivity contribution in [2.75, 3.05) is 0 Å². The number of hydrogen-bond acceptors (Lipinski definition) is 3. The molecule has 0 saturated heterocycles. The highest BCUT2D eigenvalue weighted by Crippen LogP contribution is 2.24. The second kappa shape index (κ2) is 5.58. The fraction of sp³-hybridized carbons (Fsp3) is 0.357. The monoisotopic (exact) mass is 246 g/mol. The Morgan fingerprint density at radius 3 is 2.33 bits per heavy atom. The van der Waals surface area contributed by atoms with Gasteiger partial charge in [-0.15, -0.1) is 0 Å². The fourth-order valence-electron chi connectivity index (χ4n) is 2.14. The van der Waals surface area contributed by atoms with E-state index in [1.807, 2.05) is 6.08 Å². The largest absolute Gasteiger partial charge is 0.612 e. The van der Waals surface area contributed by atoms with Crippen molar-refractivity contribution in [2.45, 2.75) is 32.1 Å². The summed E-state index contributed by atoms with van der Waals surface area (Å²) >= 11 is 0. The van der Waals surface area contributed by atoms with Crippen molar-refractivity contribution in [3.8, 4) is 0 Å². The SMILES string of the molecule is [O-][N+]([O-])=C1C=CC(=CC2=C(O)CCCCC2)C=C1. The first-order chi connectivity index (χ1) is 8.66. The normalized spacial score (nSPS) is 20.0. The van der Waals surface area contributed by atoms with Crippen molar-refractivity contribution >= 4 is 5.71 Å². The number of aliphatic hydroxyl groups excluding tert-OH is 1. The number of hydrogen-bond donors (Lipinski definition) is 1. The standard InChI is InChI=1S/C14H16NO3/c16-14-5-3-1-2-4-12(14)10-11-6-8-13(9-7-11)15(17)18/h6-10H,1-5H2,(H-,16,17,18)/q-1. The summed E-state index contributed by atoms with van der Waals surface area (Å²) in [6.07, 6.45) is 13.2. The molecule has 0 aromatic carbocycles. The first-order valence-electron chi connectivity index (χ1n) is 6.17. The molecule has 1 N–H and O–H groups in total. The van der Waals surface area contributed by atoms with Gasteiger partial charge in [0.05, 0.1) is 5.76 Å². The van der Waals surface area contributed by atoms with Gasteiger partial charge >= 0.3 is 0 Å². The zero-order valence-electron chi connectivity index (χ0n) is 10.1. The van der Waals surface area contributed by atoms with Gasteiger partial charge in [-0.1, -0.05) is 6.42 Å². The smallest absolute Gasteiger partial charge is 0.222 e. The topological polar surface area (TPSA) is 69.4 Å². The van der Waals surface area contributed by atoms with Gasteiger partial charge < -0.3 is 15.5 Å². The molecule has 96 valence electrons. The molecule has 4 heteroatoms. The molecule has 2 aliphatic carbocycles. The molecule has 0 aromatic heterocycles. The Morgan fingerprint density at radius 2 is 1.67 bits per heavy atom. The maximum absolute atomic E-state index is 10.5. The molecule has 0 saturated carbocycles. The highest BCUT2D eigenvalue weighted by molar-refractivity contribution is 6.02. The first kappa shape index (κ1) is 12.5. The predicted octanol–water partition coefficient (Wildman–Crippen LogP) is 3.26. The van der Waals surface area contributed by atoms with E-state index in [4.69, 9.17) is 0 Å². The summed E-state index contributed by atoms with van der Waals surface area (Å²) in [6, 6.07) is 0. The van der Waals surface area contributed by atoms with Crippen molar-refractivity contribution in [1.82, 2.24) is 0 Å². The third kappa shape index (κ3) is 3.03.